The first-order chi connectivity index (χ1) is 9.16. The van der Waals surface area contributed by atoms with Gasteiger partial charge in [-0.2, -0.15) is 0 Å². The molecule has 3 heteroatoms. The quantitative estimate of drug-likeness (QED) is 0.346. The van der Waals surface area contributed by atoms with Gasteiger partial charge in [-0.3, -0.25) is 9.59 Å². The monoisotopic (exact) mass is 358 g/mol. The number of carbonyl (C=O) groups is 2. The van der Waals surface area contributed by atoms with E-state index >= 15 is 0 Å². The van der Waals surface area contributed by atoms with Crippen LogP contribution in [0, 0.1) is 3.57 Å². The second-order valence-corrected chi connectivity index (χ2v) is 5.92. The van der Waals surface area contributed by atoms with Crippen LogP contribution >= 0.6 is 22.6 Å². The Hall–Kier alpha value is -1.75. The van der Waals surface area contributed by atoms with Crippen molar-refractivity contribution < 1.29 is 9.59 Å². The molecule has 0 spiro atoms. The van der Waals surface area contributed by atoms with Crippen LogP contribution in [-0.2, 0) is 0 Å². The zero-order valence-corrected chi connectivity index (χ0v) is 11.9. The lowest BCUT2D eigenvalue weighted by Crippen LogP contribution is -2.06. The number of benzene rings is 3. The van der Waals surface area contributed by atoms with E-state index in [1.54, 1.807) is 6.07 Å². The predicted octanol–water partition coefficient (Wildman–Crippen LogP) is 3.98. The Bertz CT molecular complexity index is 909. The Morgan fingerprint density at radius 1 is 0.842 bits per heavy atom. The van der Waals surface area contributed by atoms with E-state index in [-0.39, 0.29) is 11.6 Å². The molecule has 0 saturated heterocycles. The third kappa shape index (κ3) is 1.36. The lowest BCUT2D eigenvalue weighted by molar-refractivity contribution is 0.0826. The van der Waals surface area contributed by atoms with Gasteiger partial charge in [0.05, 0.1) is 0 Å². The van der Waals surface area contributed by atoms with E-state index in [2.05, 4.69) is 22.6 Å². The SMILES string of the molecule is O=C1C(=O)c2c3cc(I)ccc3cc3cccc1c23. The fourth-order valence-electron chi connectivity index (χ4n) is 2.80. The third-order valence-corrected chi connectivity index (χ3v) is 4.29. The number of rotatable bonds is 0. The average Bonchev–Trinajstić information content (AvgIpc) is 2.67. The van der Waals surface area contributed by atoms with Crippen LogP contribution in [0.25, 0.3) is 21.5 Å². The highest BCUT2D eigenvalue weighted by Crippen LogP contribution is 2.36. The highest BCUT2D eigenvalue weighted by molar-refractivity contribution is 14.1. The number of halogens is 1. The van der Waals surface area contributed by atoms with Crippen LogP contribution in [0.3, 0.4) is 0 Å². The van der Waals surface area contributed by atoms with E-state index in [1.807, 2.05) is 36.4 Å². The highest BCUT2D eigenvalue weighted by atomic mass is 127. The molecule has 90 valence electrons. The summed E-state index contributed by atoms with van der Waals surface area (Å²) in [5.41, 5.74) is 1.12. The molecule has 0 atom stereocenters. The maximum Gasteiger partial charge on any atom is 0.234 e. The molecule has 0 N–H and O–H groups in total. The number of Topliss-reactive ketones (excluding diaryl/α,β-unsaturated/α-hetero) is 2. The van der Waals surface area contributed by atoms with E-state index in [1.165, 1.54) is 0 Å². The molecule has 2 nitrogen and oxygen atoms in total. The molecule has 4 rings (SSSR count). The first-order valence-electron chi connectivity index (χ1n) is 5.91. The maximum atomic E-state index is 12.3. The topological polar surface area (TPSA) is 34.1 Å². The van der Waals surface area contributed by atoms with Gasteiger partial charge in [-0.15, -0.1) is 0 Å². The summed E-state index contributed by atoms with van der Waals surface area (Å²) in [5, 5.41) is 3.65. The molecule has 0 fully saturated rings. The van der Waals surface area contributed by atoms with Crippen molar-refractivity contribution in [3.63, 3.8) is 0 Å². The summed E-state index contributed by atoms with van der Waals surface area (Å²) < 4.78 is 1.06. The number of hydrogen-bond donors (Lipinski definition) is 0. The van der Waals surface area contributed by atoms with E-state index in [0.717, 1.165) is 25.1 Å². The van der Waals surface area contributed by atoms with Gasteiger partial charge in [0, 0.05) is 20.1 Å². The highest BCUT2D eigenvalue weighted by Gasteiger charge is 2.32. The van der Waals surface area contributed by atoms with Crippen LogP contribution in [0.4, 0.5) is 0 Å². The summed E-state index contributed by atoms with van der Waals surface area (Å²) in [6.07, 6.45) is 0. The van der Waals surface area contributed by atoms with Crippen molar-refractivity contribution in [1.29, 1.82) is 0 Å². The Balaban J connectivity index is 2.35. The van der Waals surface area contributed by atoms with E-state index in [9.17, 15) is 9.59 Å². The van der Waals surface area contributed by atoms with Crippen molar-refractivity contribution in [2.75, 3.05) is 0 Å². The van der Waals surface area contributed by atoms with Gasteiger partial charge in [-0.1, -0.05) is 24.3 Å². The molecule has 0 aliphatic heterocycles. The van der Waals surface area contributed by atoms with Crippen molar-refractivity contribution in [2.24, 2.45) is 0 Å². The second-order valence-electron chi connectivity index (χ2n) is 4.68. The molecule has 0 amide bonds. The second kappa shape index (κ2) is 3.63. The van der Waals surface area contributed by atoms with Gasteiger partial charge in [0.1, 0.15) is 0 Å². The summed E-state index contributed by atoms with van der Waals surface area (Å²) in [5.74, 6) is -0.759. The summed E-state index contributed by atoms with van der Waals surface area (Å²) in [4.78, 5) is 24.3. The molecule has 1 aliphatic rings. The van der Waals surface area contributed by atoms with Crippen LogP contribution in [0.1, 0.15) is 20.7 Å². The zero-order valence-electron chi connectivity index (χ0n) is 9.74. The molecule has 0 saturated carbocycles. The molecule has 0 aromatic heterocycles. The third-order valence-electron chi connectivity index (χ3n) is 3.62. The zero-order chi connectivity index (χ0) is 13.1. The summed E-state index contributed by atoms with van der Waals surface area (Å²) >= 11 is 2.22. The fraction of sp³-hybridized carbons (Fsp3) is 0. The van der Waals surface area contributed by atoms with E-state index in [0.29, 0.717) is 11.1 Å². The molecule has 0 heterocycles. The molecular weight excluding hydrogens is 351 g/mol. The number of carbonyl (C=O) groups excluding carboxylic acids is 2. The summed E-state index contributed by atoms with van der Waals surface area (Å²) in [6.45, 7) is 0. The first kappa shape index (κ1) is 11.1. The fourth-order valence-corrected chi connectivity index (χ4v) is 3.29. The Kier molecular flexibility index (Phi) is 2.12. The van der Waals surface area contributed by atoms with Gasteiger partial charge in [0.15, 0.2) is 0 Å². The van der Waals surface area contributed by atoms with Crippen LogP contribution < -0.4 is 0 Å². The Morgan fingerprint density at radius 3 is 2.53 bits per heavy atom. The standard InChI is InChI=1S/C16H7IO2/c17-10-5-4-8-6-9-2-1-3-11-13(9)14(12(8)7-10)16(19)15(11)18/h1-7H. The molecule has 3 aromatic carbocycles. The van der Waals surface area contributed by atoms with Crippen molar-refractivity contribution in [1.82, 2.24) is 0 Å². The van der Waals surface area contributed by atoms with Crippen LogP contribution in [0.5, 0.6) is 0 Å². The average molecular weight is 358 g/mol. The molecule has 0 radical (unpaired) electrons. The minimum absolute atomic E-state index is 0.376. The van der Waals surface area contributed by atoms with Crippen molar-refractivity contribution in [2.45, 2.75) is 0 Å². The smallest absolute Gasteiger partial charge is 0.234 e. The summed E-state index contributed by atoms with van der Waals surface area (Å²) in [6, 6.07) is 13.5. The predicted molar refractivity (Wildman–Crippen MR) is 82.8 cm³/mol. The van der Waals surface area contributed by atoms with Crippen LogP contribution in [-0.4, -0.2) is 11.6 Å². The minimum Gasteiger partial charge on any atom is -0.285 e. The largest absolute Gasteiger partial charge is 0.285 e. The van der Waals surface area contributed by atoms with E-state index < -0.39 is 0 Å². The minimum atomic E-state index is -0.382. The molecule has 19 heavy (non-hydrogen) atoms. The lowest BCUT2D eigenvalue weighted by atomic mass is 9.98. The molecule has 3 aromatic rings. The van der Waals surface area contributed by atoms with Crippen molar-refractivity contribution in [3.05, 3.63) is 57.2 Å². The van der Waals surface area contributed by atoms with Crippen molar-refractivity contribution in [3.8, 4) is 0 Å². The maximum absolute atomic E-state index is 12.3. The molecule has 1 aliphatic carbocycles. The molecule has 0 bridgehead atoms. The number of hydrogen-bond acceptors (Lipinski definition) is 2. The van der Waals surface area contributed by atoms with Gasteiger partial charge in [0.2, 0.25) is 11.6 Å². The van der Waals surface area contributed by atoms with Gasteiger partial charge in [-0.05, 0) is 56.9 Å². The van der Waals surface area contributed by atoms with Crippen LogP contribution in [0.2, 0.25) is 0 Å². The number of ketones is 2. The Labute approximate surface area is 122 Å². The normalized spacial score (nSPS) is 13.7. The Morgan fingerprint density at radius 2 is 1.68 bits per heavy atom. The van der Waals surface area contributed by atoms with Crippen LogP contribution in [0.15, 0.2) is 42.5 Å². The van der Waals surface area contributed by atoms with Gasteiger partial charge in [0.25, 0.3) is 0 Å². The first-order valence-corrected chi connectivity index (χ1v) is 6.99. The summed E-state index contributed by atoms with van der Waals surface area (Å²) in [7, 11) is 0. The van der Waals surface area contributed by atoms with Crippen molar-refractivity contribution >= 4 is 55.7 Å². The molecule has 0 unspecified atom stereocenters. The van der Waals surface area contributed by atoms with Gasteiger partial charge in [-0.25, -0.2) is 0 Å². The lowest BCUT2D eigenvalue weighted by Gasteiger charge is -2.06. The van der Waals surface area contributed by atoms with E-state index in [4.69, 9.17) is 0 Å². The molecular formula is C16H7IO2. The van der Waals surface area contributed by atoms with Gasteiger partial charge >= 0.3 is 0 Å². The number of fused-ring (bicyclic) bond motifs is 2. The van der Waals surface area contributed by atoms with Gasteiger partial charge < -0.3 is 0 Å².